The molecule has 0 atom stereocenters. The first kappa shape index (κ1) is 17.4. The molecule has 1 aromatic carbocycles. The summed E-state index contributed by atoms with van der Waals surface area (Å²) in [6.45, 7) is 2.23. The van der Waals surface area contributed by atoms with E-state index in [0.29, 0.717) is 11.7 Å². The van der Waals surface area contributed by atoms with Crippen LogP contribution in [0.15, 0.2) is 18.2 Å². The Balaban J connectivity index is 0.000000309. The highest BCUT2D eigenvalue weighted by Gasteiger charge is 2.39. The molecule has 22 heavy (non-hydrogen) atoms. The maximum absolute atomic E-state index is 9.65. The Morgan fingerprint density at radius 2 is 1.73 bits per heavy atom. The van der Waals surface area contributed by atoms with E-state index in [1.807, 2.05) is 0 Å². The minimum atomic E-state index is -3.67. The van der Waals surface area contributed by atoms with Crippen molar-refractivity contribution in [1.29, 1.82) is 0 Å². The average Bonchev–Trinajstić information content (AvgIpc) is 2.77. The molecule has 124 valence electrons. The summed E-state index contributed by atoms with van der Waals surface area (Å²) in [5, 5.41) is 9.65. The molecule has 3 rings (SSSR count). The first-order valence-corrected chi connectivity index (χ1v) is 9.77. The van der Waals surface area contributed by atoms with E-state index in [1.165, 1.54) is 31.2 Å². The fourth-order valence-electron chi connectivity index (χ4n) is 3.68. The van der Waals surface area contributed by atoms with E-state index < -0.39 is 10.1 Å². The number of benzene rings is 1. The zero-order chi connectivity index (χ0) is 16.4. The van der Waals surface area contributed by atoms with E-state index in [-0.39, 0.29) is 6.10 Å². The molecule has 0 unspecified atom stereocenters. The molecule has 0 aliphatic heterocycles. The molecule has 1 fully saturated rings. The Hall–Kier alpha value is -0.910. The van der Waals surface area contributed by atoms with E-state index in [0.717, 1.165) is 19.3 Å². The quantitative estimate of drug-likeness (QED) is 0.778. The maximum Gasteiger partial charge on any atom is 0.261 e. The predicted octanol–water partition coefficient (Wildman–Crippen LogP) is 2.77. The fourth-order valence-corrected chi connectivity index (χ4v) is 3.68. The second kappa shape index (κ2) is 6.69. The van der Waals surface area contributed by atoms with Crippen LogP contribution in [0.1, 0.15) is 49.3 Å². The zero-order valence-corrected chi connectivity index (χ0v) is 14.2. The van der Waals surface area contributed by atoms with Gasteiger partial charge in [-0.1, -0.05) is 25.1 Å². The van der Waals surface area contributed by atoms with Crippen molar-refractivity contribution in [2.24, 2.45) is 5.41 Å². The van der Waals surface area contributed by atoms with Gasteiger partial charge in [0.1, 0.15) is 0 Å². The van der Waals surface area contributed by atoms with Crippen LogP contribution in [0.5, 0.6) is 0 Å². The zero-order valence-electron chi connectivity index (χ0n) is 13.4. The Bertz CT molecular complexity index is 606. The van der Waals surface area contributed by atoms with Gasteiger partial charge in [-0.2, -0.15) is 8.42 Å². The monoisotopic (exact) mass is 326 g/mol. The number of aliphatic hydroxyl groups excluding tert-OH is 1. The summed E-state index contributed by atoms with van der Waals surface area (Å²) >= 11 is 0. The summed E-state index contributed by atoms with van der Waals surface area (Å²) in [6, 6.07) is 7.04. The van der Waals surface area contributed by atoms with Gasteiger partial charge in [-0.3, -0.25) is 4.55 Å². The lowest BCUT2D eigenvalue weighted by Crippen LogP contribution is -2.30. The van der Waals surface area contributed by atoms with Crippen LogP contribution in [0.25, 0.3) is 0 Å². The summed E-state index contributed by atoms with van der Waals surface area (Å²) in [7, 11) is -3.67. The molecule has 0 bridgehead atoms. The van der Waals surface area contributed by atoms with Crippen molar-refractivity contribution in [2.45, 2.75) is 58.0 Å². The minimum absolute atomic E-state index is 0.0319. The van der Waals surface area contributed by atoms with E-state index in [9.17, 15) is 13.5 Å². The lowest BCUT2D eigenvalue weighted by molar-refractivity contribution is 0.0675. The van der Waals surface area contributed by atoms with E-state index in [4.69, 9.17) is 4.55 Å². The normalized spacial score (nSPS) is 27.2. The van der Waals surface area contributed by atoms with Gasteiger partial charge < -0.3 is 5.11 Å². The SMILES string of the molecule is CCc1ccc2c(c1)CC1(CCC(O)CC1)C2.CS(=O)(=O)O. The Morgan fingerprint density at radius 1 is 1.18 bits per heavy atom. The second-order valence-electron chi connectivity index (χ2n) is 6.77. The largest absolute Gasteiger partial charge is 0.393 e. The lowest BCUT2D eigenvalue weighted by atomic mass is 9.71. The van der Waals surface area contributed by atoms with Crippen molar-refractivity contribution >= 4 is 10.1 Å². The number of aryl methyl sites for hydroxylation is 1. The van der Waals surface area contributed by atoms with Gasteiger partial charge in [0, 0.05) is 0 Å². The van der Waals surface area contributed by atoms with E-state index in [2.05, 4.69) is 25.1 Å². The third-order valence-electron chi connectivity index (χ3n) is 4.83. The Kier molecular flexibility index (Phi) is 5.30. The highest BCUT2D eigenvalue weighted by atomic mass is 32.2. The predicted molar refractivity (Wildman–Crippen MR) is 87.6 cm³/mol. The van der Waals surface area contributed by atoms with Gasteiger partial charge >= 0.3 is 0 Å². The van der Waals surface area contributed by atoms with Crippen molar-refractivity contribution < 1.29 is 18.1 Å². The molecule has 1 saturated carbocycles. The molecule has 2 aliphatic rings. The Labute approximate surface area is 133 Å². The molecular formula is C17H26O4S. The van der Waals surface area contributed by atoms with Gasteiger partial charge in [0.2, 0.25) is 0 Å². The summed E-state index contributed by atoms with van der Waals surface area (Å²) in [5.74, 6) is 0. The van der Waals surface area contributed by atoms with Crippen molar-refractivity contribution in [3.8, 4) is 0 Å². The molecule has 0 saturated heterocycles. The first-order chi connectivity index (χ1) is 10.2. The number of hydrogen-bond acceptors (Lipinski definition) is 3. The van der Waals surface area contributed by atoms with Crippen LogP contribution in [-0.4, -0.2) is 30.4 Å². The van der Waals surface area contributed by atoms with Crippen LogP contribution in [0, 0.1) is 5.41 Å². The number of hydrogen-bond donors (Lipinski definition) is 2. The van der Waals surface area contributed by atoms with Crippen LogP contribution in [0.3, 0.4) is 0 Å². The molecule has 2 aliphatic carbocycles. The van der Waals surface area contributed by atoms with Crippen LogP contribution in [0.4, 0.5) is 0 Å². The standard InChI is InChI=1S/C16H22O.CH4O3S/c1-2-12-3-4-13-10-16(11-14(13)9-12)7-5-15(17)6-8-16;1-5(2,3)4/h3-4,9,15,17H,2,5-8,10-11H2,1H3;1H3,(H,2,3,4). The van der Waals surface area contributed by atoms with Crippen LogP contribution >= 0.6 is 0 Å². The molecular weight excluding hydrogens is 300 g/mol. The topological polar surface area (TPSA) is 74.6 Å². The van der Waals surface area contributed by atoms with Crippen molar-refractivity contribution in [1.82, 2.24) is 0 Å². The molecule has 0 heterocycles. The Morgan fingerprint density at radius 3 is 2.27 bits per heavy atom. The number of aliphatic hydroxyl groups is 1. The summed E-state index contributed by atoms with van der Waals surface area (Å²) < 4.78 is 25.9. The highest BCUT2D eigenvalue weighted by molar-refractivity contribution is 7.85. The maximum atomic E-state index is 9.65. The van der Waals surface area contributed by atoms with E-state index in [1.54, 1.807) is 11.1 Å². The molecule has 0 amide bonds. The van der Waals surface area contributed by atoms with Gasteiger partial charge in [0.15, 0.2) is 0 Å². The van der Waals surface area contributed by atoms with Crippen molar-refractivity contribution in [3.63, 3.8) is 0 Å². The molecule has 0 aromatic heterocycles. The molecule has 1 spiro atoms. The molecule has 4 nitrogen and oxygen atoms in total. The lowest BCUT2D eigenvalue weighted by Gasteiger charge is -2.35. The van der Waals surface area contributed by atoms with Gasteiger partial charge in [0.05, 0.1) is 12.4 Å². The van der Waals surface area contributed by atoms with E-state index >= 15 is 0 Å². The van der Waals surface area contributed by atoms with Gasteiger partial charge in [-0.25, -0.2) is 0 Å². The molecule has 5 heteroatoms. The van der Waals surface area contributed by atoms with Gasteiger partial charge in [-0.05, 0) is 67.1 Å². The average molecular weight is 326 g/mol. The summed E-state index contributed by atoms with van der Waals surface area (Å²) in [6.07, 6.45) is 8.77. The molecule has 1 aromatic rings. The van der Waals surface area contributed by atoms with Gasteiger partial charge in [0.25, 0.3) is 10.1 Å². The van der Waals surface area contributed by atoms with Crippen LogP contribution in [-0.2, 0) is 29.4 Å². The highest BCUT2D eigenvalue weighted by Crippen LogP contribution is 2.47. The van der Waals surface area contributed by atoms with Crippen LogP contribution in [0.2, 0.25) is 0 Å². The third-order valence-corrected chi connectivity index (χ3v) is 4.83. The molecule has 2 N–H and O–H groups in total. The fraction of sp³-hybridized carbons (Fsp3) is 0.647. The van der Waals surface area contributed by atoms with Crippen molar-refractivity contribution in [2.75, 3.05) is 6.26 Å². The number of fused-ring (bicyclic) bond motifs is 1. The van der Waals surface area contributed by atoms with Gasteiger partial charge in [-0.15, -0.1) is 0 Å². The smallest absolute Gasteiger partial charge is 0.261 e. The van der Waals surface area contributed by atoms with Crippen LogP contribution < -0.4 is 0 Å². The first-order valence-electron chi connectivity index (χ1n) is 7.92. The minimum Gasteiger partial charge on any atom is -0.393 e. The second-order valence-corrected chi connectivity index (χ2v) is 8.24. The number of rotatable bonds is 1. The summed E-state index contributed by atoms with van der Waals surface area (Å²) in [4.78, 5) is 0. The van der Waals surface area contributed by atoms with Crippen molar-refractivity contribution in [3.05, 3.63) is 34.9 Å². The third kappa shape index (κ3) is 4.80. The molecule has 0 radical (unpaired) electrons. The summed E-state index contributed by atoms with van der Waals surface area (Å²) in [5.41, 5.74) is 5.12.